The van der Waals surface area contributed by atoms with Crippen LogP contribution in [0.3, 0.4) is 0 Å². The lowest BCUT2D eigenvalue weighted by molar-refractivity contribution is 0.347. The van der Waals surface area contributed by atoms with Gasteiger partial charge in [0.15, 0.2) is 17.5 Å². The Morgan fingerprint density at radius 1 is 0.963 bits per heavy atom. The molecule has 0 unspecified atom stereocenters. The Morgan fingerprint density at radius 3 is 2.19 bits per heavy atom. The van der Waals surface area contributed by atoms with Crippen LogP contribution in [-0.2, 0) is 13.1 Å². The number of methoxy groups -OCH3 is 3. The molecule has 0 amide bonds. The number of hydrogen-bond acceptors (Lipinski definition) is 4. The highest BCUT2D eigenvalue weighted by molar-refractivity contribution is 5.79. The highest BCUT2D eigenvalue weighted by Crippen LogP contribution is 2.34. The fourth-order valence-corrected chi connectivity index (χ4v) is 2.78. The minimum atomic E-state index is 0.463. The van der Waals surface area contributed by atoms with Gasteiger partial charge in [-0.3, -0.25) is 0 Å². The monoisotopic (exact) mass is 371 g/mol. The van der Waals surface area contributed by atoms with Gasteiger partial charge in [0.25, 0.3) is 0 Å². The Kier molecular flexibility index (Phi) is 7.79. The van der Waals surface area contributed by atoms with E-state index in [9.17, 15) is 0 Å². The summed E-state index contributed by atoms with van der Waals surface area (Å²) in [7, 11) is 6.90. The summed E-state index contributed by atoms with van der Waals surface area (Å²) >= 11 is 0. The van der Waals surface area contributed by atoms with Crippen molar-refractivity contribution in [3.8, 4) is 17.2 Å². The van der Waals surface area contributed by atoms with Crippen molar-refractivity contribution in [1.82, 2.24) is 10.2 Å². The molecule has 2 aromatic rings. The van der Waals surface area contributed by atoms with Crippen LogP contribution in [0.1, 0.15) is 18.1 Å². The topological polar surface area (TPSA) is 55.3 Å². The van der Waals surface area contributed by atoms with Gasteiger partial charge < -0.3 is 24.4 Å². The van der Waals surface area contributed by atoms with Crippen LogP contribution in [0.4, 0.5) is 0 Å². The number of nitrogens with zero attached hydrogens (tertiary/aromatic N) is 2. The van der Waals surface area contributed by atoms with Gasteiger partial charge in [-0.1, -0.05) is 30.3 Å². The molecular weight excluding hydrogens is 342 g/mol. The summed E-state index contributed by atoms with van der Waals surface area (Å²) in [5.74, 6) is 2.84. The van der Waals surface area contributed by atoms with Crippen molar-refractivity contribution < 1.29 is 14.2 Å². The molecule has 0 saturated carbocycles. The number of nitrogens with one attached hydrogen (secondary N) is 1. The van der Waals surface area contributed by atoms with E-state index < -0.39 is 0 Å². The maximum Gasteiger partial charge on any atom is 0.194 e. The second-order valence-corrected chi connectivity index (χ2v) is 6.03. The fraction of sp³-hybridized carbons (Fsp3) is 0.381. The first-order valence-corrected chi connectivity index (χ1v) is 8.95. The van der Waals surface area contributed by atoms with E-state index in [1.165, 1.54) is 5.56 Å². The summed E-state index contributed by atoms with van der Waals surface area (Å²) in [5, 5.41) is 3.34. The van der Waals surface area contributed by atoms with E-state index in [-0.39, 0.29) is 0 Å². The first-order valence-electron chi connectivity index (χ1n) is 8.95. The minimum absolute atomic E-state index is 0.463. The molecule has 0 aromatic heterocycles. The third-order valence-electron chi connectivity index (χ3n) is 4.14. The zero-order valence-corrected chi connectivity index (χ0v) is 16.8. The lowest BCUT2D eigenvalue weighted by atomic mass is 10.1. The SMILES string of the molecule is CCNC(=NCc1cc(OC)c(OC)cc1OC)N(C)Cc1ccccc1. The van der Waals surface area contributed by atoms with Gasteiger partial charge in [0.05, 0.1) is 27.9 Å². The molecular formula is C21H29N3O3. The van der Waals surface area contributed by atoms with Crippen LogP contribution in [0.5, 0.6) is 17.2 Å². The first kappa shape index (κ1) is 20.4. The lowest BCUT2D eigenvalue weighted by Gasteiger charge is -2.22. The molecule has 6 nitrogen and oxygen atoms in total. The highest BCUT2D eigenvalue weighted by Gasteiger charge is 2.13. The van der Waals surface area contributed by atoms with Crippen LogP contribution in [0.25, 0.3) is 0 Å². The summed E-state index contributed by atoms with van der Waals surface area (Å²) in [6.07, 6.45) is 0. The number of benzene rings is 2. The number of guanidine groups is 1. The summed E-state index contributed by atoms with van der Waals surface area (Å²) in [6.45, 7) is 4.09. The fourth-order valence-electron chi connectivity index (χ4n) is 2.78. The molecule has 0 aliphatic heterocycles. The highest BCUT2D eigenvalue weighted by atomic mass is 16.5. The lowest BCUT2D eigenvalue weighted by Crippen LogP contribution is -2.38. The third kappa shape index (κ3) is 5.54. The molecule has 0 fully saturated rings. The molecule has 1 N–H and O–H groups in total. The predicted molar refractivity (Wildman–Crippen MR) is 109 cm³/mol. The zero-order valence-electron chi connectivity index (χ0n) is 16.8. The van der Waals surface area contributed by atoms with Gasteiger partial charge in [-0.05, 0) is 18.6 Å². The second kappa shape index (κ2) is 10.3. The number of rotatable bonds is 8. The van der Waals surface area contributed by atoms with Crippen LogP contribution < -0.4 is 19.5 Å². The summed E-state index contributed by atoms with van der Waals surface area (Å²) in [6, 6.07) is 14.1. The zero-order chi connectivity index (χ0) is 19.6. The minimum Gasteiger partial charge on any atom is -0.496 e. The number of hydrogen-bond donors (Lipinski definition) is 1. The Morgan fingerprint density at radius 2 is 1.59 bits per heavy atom. The van der Waals surface area contributed by atoms with Crippen molar-refractivity contribution in [3.63, 3.8) is 0 Å². The van der Waals surface area contributed by atoms with Crippen molar-refractivity contribution in [2.45, 2.75) is 20.0 Å². The van der Waals surface area contributed by atoms with Gasteiger partial charge in [-0.2, -0.15) is 0 Å². The Hall–Kier alpha value is -2.89. The quantitative estimate of drug-likeness (QED) is 0.570. The summed E-state index contributed by atoms with van der Waals surface area (Å²) < 4.78 is 16.2. The molecule has 0 spiro atoms. The van der Waals surface area contributed by atoms with E-state index in [0.717, 1.165) is 30.4 Å². The van der Waals surface area contributed by atoms with Crippen molar-refractivity contribution in [3.05, 3.63) is 53.6 Å². The number of aliphatic imine (C=N–C) groups is 1. The van der Waals surface area contributed by atoms with E-state index in [0.29, 0.717) is 18.0 Å². The van der Waals surface area contributed by atoms with Crippen molar-refractivity contribution >= 4 is 5.96 Å². The molecule has 0 atom stereocenters. The summed E-state index contributed by atoms with van der Waals surface area (Å²) in [5.41, 5.74) is 2.16. The van der Waals surface area contributed by atoms with Crippen LogP contribution in [-0.4, -0.2) is 45.8 Å². The Balaban J connectivity index is 2.23. The van der Waals surface area contributed by atoms with Gasteiger partial charge >= 0.3 is 0 Å². The van der Waals surface area contributed by atoms with E-state index in [1.807, 2.05) is 37.4 Å². The van der Waals surface area contributed by atoms with Crippen LogP contribution in [0.2, 0.25) is 0 Å². The van der Waals surface area contributed by atoms with Crippen LogP contribution in [0.15, 0.2) is 47.5 Å². The van der Waals surface area contributed by atoms with E-state index >= 15 is 0 Å². The van der Waals surface area contributed by atoms with Gasteiger partial charge in [-0.15, -0.1) is 0 Å². The second-order valence-electron chi connectivity index (χ2n) is 6.03. The molecule has 0 radical (unpaired) electrons. The maximum atomic E-state index is 5.50. The van der Waals surface area contributed by atoms with Crippen molar-refractivity contribution in [2.24, 2.45) is 4.99 Å². The predicted octanol–water partition coefficient (Wildman–Crippen LogP) is 3.31. The normalized spacial score (nSPS) is 11.1. The molecule has 0 saturated heterocycles. The maximum absolute atomic E-state index is 5.50. The molecule has 27 heavy (non-hydrogen) atoms. The van der Waals surface area contributed by atoms with Crippen LogP contribution >= 0.6 is 0 Å². The van der Waals surface area contributed by atoms with Crippen molar-refractivity contribution in [2.75, 3.05) is 34.9 Å². The van der Waals surface area contributed by atoms with Gasteiger partial charge in [0, 0.05) is 31.8 Å². The van der Waals surface area contributed by atoms with Crippen molar-refractivity contribution in [1.29, 1.82) is 0 Å². The standard InChI is InChI=1S/C21H29N3O3/c1-6-22-21(24(2)15-16-10-8-7-9-11-16)23-14-17-12-19(26-4)20(27-5)13-18(17)25-3/h7-13H,6,14-15H2,1-5H3,(H,22,23). The Bertz CT molecular complexity index is 748. The summed E-state index contributed by atoms with van der Waals surface area (Å²) in [4.78, 5) is 6.88. The van der Waals surface area contributed by atoms with E-state index in [2.05, 4.69) is 29.3 Å². The van der Waals surface area contributed by atoms with E-state index in [1.54, 1.807) is 21.3 Å². The Labute approximate surface area is 161 Å². The average molecular weight is 371 g/mol. The molecule has 2 rings (SSSR count). The molecule has 0 bridgehead atoms. The largest absolute Gasteiger partial charge is 0.496 e. The third-order valence-corrected chi connectivity index (χ3v) is 4.14. The van der Waals surface area contributed by atoms with Crippen LogP contribution in [0, 0.1) is 0 Å². The first-order chi connectivity index (χ1) is 13.1. The molecule has 146 valence electrons. The van der Waals surface area contributed by atoms with Gasteiger partial charge in [0.2, 0.25) is 0 Å². The smallest absolute Gasteiger partial charge is 0.194 e. The van der Waals surface area contributed by atoms with Gasteiger partial charge in [-0.25, -0.2) is 4.99 Å². The molecule has 2 aromatic carbocycles. The molecule has 0 aliphatic carbocycles. The average Bonchev–Trinajstić information content (AvgIpc) is 2.71. The molecule has 0 heterocycles. The number of ether oxygens (including phenoxy) is 3. The molecule has 6 heteroatoms. The molecule has 0 aliphatic rings. The van der Waals surface area contributed by atoms with E-state index in [4.69, 9.17) is 19.2 Å². The van der Waals surface area contributed by atoms with Gasteiger partial charge in [0.1, 0.15) is 5.75 Å².